The summed E-state index contributed by atoms with van der Waals surface area (Å²) in [6, 6.07) is 0. The minimum atomic E-state index is 0.822. The lowest BCUT2D eigenvalue weighted by atomic mass is 10.1. The van der Waals surface area contributed by atoms with E-state index in [4.69, 9.17) is 6.58 Å². The normalized spacial score (nSPS) is 16.7. The Morgan fingerprint density at radius 3 is 2.57 bits per heavy atom. The minimum absolute atomic E-state index is 0.822. The molecule has 34 valence electrons. The van der Waals surface area contributed by atoms with E-state index in [0.717, 1.165) is 5.57 Å². The molecule has 0 spiro atoms. The van der Waals surface area contributed by atoms with Crippen molar-refractivity contribution in [3.05, 3.63) is 42.9 Å². The molecular weight excluding hydrogens is 84.1 g/mol. The average Bonchev–Trinajstić information content (AvgIpc) is 1.69. The largest absolute Gasteiger partial charge is 0.158 e. The van der Waals surface area contributed by atoms with Crippen LogP contribution in [0.1, 0.15) is 0 Å². The van der Waals surface area contributed by atoms with Gasteiger partial charge in [-0.1, -0.05) is 18.2 Å². The van der Waals surface area contributed by atoms with Gasteiger partial charge in [0.05, 0.1) is 0 Å². The van der Waals surface area contributed by atoms with Crippen LogP contribution in [0.5, 0.6) is 0 Å². The molecule has 0 heterocycles. The number of allylic oxidation sites excluding steroid dienone is 5. The Bertz CT molecular complexity index is 127. The van der Waals surface area contributed by atoms with Crippen molar-refractivity contribution in [1.82, 2.24) is 0 Å². The molecule has 0 bridgehead atoms. The highest BCUT2D eigenvalue weighted by molar-refractivity contribution is 5.35. The fraction of sp³-hybridized carbons (Fsp3) is 0. The lowest BCUT2D eigenvalue weighted by Gasteiger charge is -1.93. The van der Waals surface area contributed by atoms with Crippen LogP contribution in [0.3, 0.4) is 0 Å². The SMILES string of the molecule is [CH+]=C1C=CC=C[CH-]1. The van der Waals surface area contributed by atoms with Gasteiger partial charge in [0.2, 0.25) is 0 Å². The van der Waals surface area contributed by atoms with Crippen molar-refractivity contribution >= 4 is 0 Å². The first-order chi connectivity index (χ1) is 3.39. The van der Waals surface area contributed by atoms with E-state index in [9.17, 15) is 0 Å². The van der Waals surface area contributed by atoms with Crippen LogP contribution >= 0.6 is 0 Å². The zero-order valence-electron chi connectivity index (χ0n) is 3.96. The Morgan fingerprint density at radius 1 is 1.43 bits per heavy atom. The van der Waals surface area contributed by atoms with Gasteiger partial charge in [0.1, 0.15) is 0 Å². The Labute approximate surface area is 43.9 Å². The van der Waals surface area contributed by atoms with Gasteiger partial charge in [0.15, 0.2) is 0 Å². The predicted molar refractivity (Wildman–Crippen MR) is 30.4 cm³/mol. The first kappa shape index (κ1) is 4.17. The fourth-order valence-electron chi connectivity index (χ4n) is 0.453. The smallest absolute Gasteiger partial charge is 0.00850 e. The van der Waals surface area contributed by atoms with Crippen molar-refractivity contribution in [3.63, 3.8) is 0 Å². The summed E-state index contributed by atoms with van der Waals surface area (Å²) < 4.78 is 0. The van der Waals surface area contributed by atoms with Crippen LogP contribution < -0.4 is 0 Å². The Morgan fingerprint density at radius 2 is 2.29 bits per heavy atom. The summed E-state index contributed by atoms with van der Waals surface area (Å²) in [5.74, 6) is 0. The third-order valence-electron chi connectivity index (χ3n) is 0.800. The third kappa shape index (κ3) is 0.918. The quantitative estimate of drug-likeness (QED) is 0.397. The van der Waals surface area contributed by atoms with E-state index in [1.54, 1.807) is 0 Å². The monoisotopic (exact) mass is 90.0 g/mol. The second-order valence-corrected chi connectivity index (χ2v) is 1.41. The van der Waals surface area contributed by atoms with Crippen LogP contribution in [-0.4, -0.2) is 0 Å². The molecular formula is C7H6. The highest BCUT2D eigenvalue weighted by Crippen LogP contribution is 2.03. The molecule has 7 heavy (non-hydrogen) atoms. The molecule has 0 aromatic carbocycles. The predicted octanol–water partition coefficient (Wildman–Crippen LogP) is 1.68. The molecule has 0 heteroatoms. The molecule has 0 amide bonds. The molecule has 0 N–H and O–H groups in total. The Balaban J connectivity index is 2.66. The van der Waals surface area contributed by atoms with Crippen molar-refractivity contribution in [2.24, 2.45) is 0 Å². The van der Waals surface area contributed by atoms with E-state index in [2.05, 4.69) is 0 Å². The molecule has 0 saturated carbocycles. The number of rotatable bonds is 0. The van der Waals surface area contributed by atoms with Crippen LogP contribution in [-0.2, 0) is 0 Å². The second kappa shape index (κ2) is 1.63. The molecule has 1 aliphatic carbocycles. The van der Waals surface area contributed by atoms with Crippen molar-refractivity contribution in [2.45, 2.75) is 0 Å². The van der Waals surface area contributed by atoms with Gasteiger partial charge in [-0.3, -0.25) is 0 Å². The fourth-order valence-corrected chi connectivity index (χ4v) is 0.453. The standard InChI is InChI=1S/C7H6/c1-7-5-3-2-4-6-7/h1-6H. The highest BCUT2D eigenvalue weighted by Gasteiger charge is 1.86. The van der Waals surface area contributed by atoms with Gasteiger partial charge in [-0.2, -0.15) is 6.58 Å². The van der Waals surface area contributed by atoms with Crippen LogP contribution in [0.25, 0.3) is 0 Å². The van der Waals surface area contributed by atoms with Gasteiger partial charge < -0.3 is 0 Å². The van der Waals surface area contributed by atoms with E-state index in [1.807, 2.05) is 30.7 Å². The third-order valence-corrected chi connectivity index (χ3v) is 0.800. The van der Waals surface area contributed by atoms with E-state index >= 15 is 0 Å². The minimum Gasteiger partial charge on any atom is -0.158 e. The first-order valence-electron chi connectivity index (χ1n) is 2.20. The van der Waals surface area contributed by atoms with Gasteiger partial charge in [0.25, 0.3) is 0 Å². The summed E-state index contributed by atoms with van der Waals surface area (Å²) in [5.41, 5.74) is 0.822. The maximum Gasteiger partial charge on any atom is 0.00850 e. The van der Waals surface area contributed by atoms with E-state index < -0.39 is 0 Å². The second-order valence-electron chi connectivity index (χ2n) is 1.41. The lowest BCUT2D eigenvalue weighted by Crippen LogP contribution is -1.76. The molecule has 0 aromatic heterocycles. The van der Waals surface area contributed by atoms with E-state index in [0.29, 0.717) is 0 Å². The molecule has 0 unspecified atom stereocenters. The first-order valence-corrected chi connectivity index (χ1v) is 2.20. The highest BCUT2D eigenvalue weighted by atomic mass is 13.9. The van der Waals surface area contributed by atoms with Crippen molar-refractivity contribution in [2.75, 3.05) is 0 Å². The number of hydrogen-bond donors (Lipinski definition) is 0. The molecule has 0 aliphatic heterocycles. The topological polar surface area (TPSA) is 0 Å². The summed E-state index contributed by atoms with van der Waals surface area (Å²) in [7, 11) is 0. The molecule has 0 nitrogen and oxygen atoms in total. The van der Waals surface area contributed by atoms with Gasteiger partial charge in [-0.25, -0.2) is 0 Å². The zero-order valence-corrected chi connectivity index (χ0v) is 3.96. The Hall–Kier alpha value is -1.00. The van der Waals surface area contributed by atoms with E-state index in [-0.39, 0.29) is 0 Å². The van der Waals surface area contributed by atoms with E-state index in [1.165, 1.54) is 0 Å². The van der Waals surface area contributed by atoms with Crippen LogP contribution in [0.2, 0.25) is 0 Å². The molecule has 0 atom stereocenters. The lowest BCUT2D eigenvalue weighted by molar-refractivity contribution is 1.54. The maximum absolute atomic E-state index is 5.36. The van der Waals surface area contributed by atoms with Crippen LogP contribution in [0, 0.1) is 13.0 Å². The van der Waals surface area contributed by atoms with Gasteiger partial charge in [-0.05, 0) is 12.5 Å². The zero-order chi connectivity index (χ0) is 5.11. The maximum atomic E-state index is 5.36. The molecule has 1 rings (SSSR count). The van der Waals surface area contributed by atoms with Gasteiger partial charge in [-0.15, -0.1) is 0 Å². The summed E-state index contributed by atoms with van der Waals surface area (Å²) >= 11 is 0. The van der Waals surface area contributed by atoms with Crippen molar-refractivity contribution in [3.8, 4) is 0 Å². The number of hydrogen-bond acceptors (Lipinski definition) is 0. The molecule has 1 aliphatic rings. The summed E-state index contributed by atoms with van der Waals surface area (Å²) in [5, 5.41) is 0. The van der Waals surface area contributed by atoms with Crippen molar-refractivity contribution in [1.29, 1.82) is 0 Å². The van der Waals surface area contributed by atoms with Gasteiger partial charge in [0, 0.05) is 5.57 Å². The molecule has 0 radical (unpaired) electrons. The average molecular weight is 90.1 g/mol. The van der Waals surface area contributed by atoms with Crippen LogP contribution in [0.4, 0.5) is 0 Å². The van der Waals surface area contributed by atoms with Gasteiger partial charge >= 0.3 is 0 Å². The summed E-state index contributed by atoms with van der Waals surface area (Å²) in [6.45, 7) is 5.36. The molecule has 0 fully saturated rings. The molecule has 0 saturated heterocycles. The summed E-state index contributed by atoms with van der Waals surface area (Å²) in [4.78, 5) is 0. The van der Waals surface area contributed by atoms with Crippen molar-refractivity contribution < 1.29 is 0 Å². The summed E-state index contributed by atoms with van der Waals surface area (Å²) in [6.07, 6.45) is 9.49. The van der Waals surface area contributed by atoms with Crippen LogP contribution in [0.15, 0.2) is 29.9 Å². The molecule has 0 aromatic rings. The Kier molecular flexibility index (Phi) is 0.972.